The summed E-state index contributed by atoms with van der Waals surface area (Å²) in [6, 6.07) is 0. The summed E-state index contributed by atoms with van der Waals surface area (Å²) in [4.78, 5) is 29.3. The van der Waals surface area contributed by atoms with Gasteiger partial charge in [-0.15, -0.1) is 0 Å². The largest absolute Gasteiger partial charge is 0 e. The molecule has 0 aliphatic rings. The molecular formula is H7LiO4SiSnZn. The van der Waals surface area contributed by atoms with Crippen molar-refractivity contribution in [3.05, 3.63) is 0 Å². The molecule has 0 saturated carbocycles. The summed E-state index contributed by atoms with van der Waals surface area (Å²) in [5.41, 5.74) is 0. The molecule has 4 N–H and O–H groups in total. The van der Waals surface area contributed by atoms with Crippen molar-refractivity contribution >= 4 is 51.8 Å². The molecule has 0 saturated heterocycles. The Kier molecular flexibility index (Phi) is 25.5. The number of hydrogen-bond acceptors (Lipinski definition) is 4. The third-order valence-electron chi connectivity index (χ3n) is 0. The van der Waals surface area contributed by atoms with Gasteiger partial charge in [0.25, 0.3) is 0 Å². The maximum absolute atomic E-state index is 7.33. The molecule has 8 heteroatoms. The molecule has 8 heavy (non-hydrogen) atoms. The smallest absolute Gasteiger partial charge is 0 e. The molecule has 0 atom stereocenters. The van der Waals surface area contributed by atoms with E-state index in [1.165, 1.54) is 0 Å². The molecular weight excluding hydrogens is 283 g/mol. The van der Waals surface area contributed by atoms with Crippen molar-refractivity contribution in [3.8, 4) is 0 Å². The Hall–Kier alpha value is 2.08. The second-order valence-corrected chi connectivity index (χ2v) is 1.80. The van der Waals surface area contributed by atoms with Crippen molar-refractivity contribution in [1.82, 2.24) is 0 Å². The van der Waals surface area contributed by atoms with E-state index in [-0.39, 0.29) is 62.2 Å². The second kappa shape index (κ2) is 9.08. The van der Waals surface area contributed by atoms with Crippen molar-refractivity contribution in [2.24, 2.45) is 0 Å². The zero-order valence-electron chi connectivity index (χ0n) is 3.70. The fraction of sp³-hybridized carbons (Fsp3) is 0. The van der Waals surface area contributed by atoms with E-state index in [1.54, 1.807) is 0 Å². The van der Waals surface area contributed by atoms with Gasteiger partial charge in [-0.05, 0) is 0 Å². The van der Waals surface area contributed by atoms with Crippen LogP contribution in [0.5, 0.6) is 0 Å². The first-order chi connectivity index (χ1) is 2.00. The average molecular weight is 290 g/mol. The Morgan fingerprint density at radius 1 is 0.875 bits per heavy atom. The molecule has 0 bridgehead atoms. The van der Waals surface area contributed by atoms with Crippen molar-refractivity contribution in [2.75, 3.05) is 0 Å². The summed E-state index contributed by atoms with van der Waals surface area (Å²) in [7, 11) is -4.61. The molecule has 0 rings (SSSR count). The maximum Gasteiger partial charge on any atom is 0 e. The van der Waals surface area contributed by atoms with E-state index in [2.05, 4.69) is 0 Å². The van der Waals surface area contributed by atoms with Gasteiger partial charge in [-0.1, -0.05) is 0 Å². The van der Waals surface area contributed by atoms with E-state index in [1.807, 2.05) is 0 Å². The summed E-state index contributed by atoms with van der Waals surface area (Å²) >= 11 is 0. The van der Waals surface area contributed by atoms with Crippen LogP contribution in [0.3, 0.4) is 0 Å². The standard InChI is InChI=1S/Li.H4O4Si.Sn.Zn.3H/c;1-5(2,3)4;;;;;/h;1-4H;;;;;. The van der Waals surface area contributed by atoms with Crippen LogP contribution in [-0.4, -0.2) is 71.0 Å². The first kappa shape index (κ1) is 22.5. The molecule has 2 radical (unpaired) electrons. The maximum atomic E-state index is 7.33. The third-order valence-corrected chi connectivity index (χ3v) is 0. The Labute approximate surface area is 89.7 Å². The van der Waals surface area contributed by atoms with Gasteiger partial charge in [-0.3, -0.25) is 0 Å². The van der Waals surface area contributed by atoms with Gasteiger partial charge >= 0.3 is 51.8 Å². The van der Waals surface area contributed by atoms with Crippen LogP contribution >= 0.6 is 0 Å². The van der Waals surface area contributed by atoms with Crippen LogP contribution < -0.4 is 0 Å². The average Bonchev–Trinajstić information content (AvgIpc) is 0.722. The Morgan fingerprint density at radius 2 is 0.875 bits per heavy atom. The summed E-state index contributed by atoms with van der Waals surface area (Å²) in [5.74, 6) is 0. The molecule has 0 aliphatic heterocycles. The van der Waals surface area contributed by atoms with Crippen LogP contribution in [0.4, 0.5) is 0 Å². The molecule has 0 aliphatic carbocycles. The number of hydrogen-bond donors (Lipinski definition) is 4. The van der Waals surface area contributed by atoms with Gasteiger partial charge in [0.05, 0.1) is 0 Å². The van der Waals surface area contributed by atoms with Crippen LogP contribution in [-0.2, 0) is 19.5 Å². The van der Waals surface area contributed by atoms with Gasteiger partial charge in [0.2, 0.25) is 0 Å². The zero-order chi connectivity index (χ0) is 4.50. The van der Waals surface area contributed by atoms with E-state index in [9.17, 15) is 0 Å². The van der Waals surface area contributed by atoms with E-state index < -0.39 is 9.05 Å². The molecule has 0 aromatic carbocycles. The monoisotopic (exact) mass is 290 g/mol. The third kappa shape index (κ3) is 93.8. The van der Waals surface area contributed by atoms with Crippen molar-refractivity contribution in [2.45, 2.75) is 0 Å². The van der Waals surface area contributed by atoms with Crippen LogP contribution in [0.2, 0.25) is 0 Å². The summed E-state index contributed by atoms with van der Waals surface area (Å²) < 4.78 is 0. The summed E-state index contributed by atoms with van der Waals surface area (Å²) in [5, 5.41) is 0. The number of rotatable bonds is 0. The van der Waals surface area contributed by atoms with Gasteiger partial charge < -0.3 is 19.2 Å². The van der Waals surface area contributed by atoms with Gasteiger partial charge in [0.15, 0.2) is 0 Å². The predicted octanol–water partition coefficient (Wildman–Crippen LogP) is -4.18. The molecule has 0 aromatic heterocycles. The minimum absolute atomic E-state index is 0. The van der Waals surface area contributed by atoms with E-state index in [0.29, 0.717) is 0 Å². The van der Waals surface area contributed by atoms with Gasteiger partial charge in [0.1, 0.15) is 0 Å². The fourth-order valence-corrected chi connectivity index (χ4v) is 0. The summed E-state index contributed by atoms with van der Waals surface area (Å²) in [6.07, 6.45) is 0. The van der Waals surface area contributed by atoms with Crippen LogP contribution in [0.1, 0.15) is 0 Å². The topological polar surface area (TPSA) is 80.9 Å². The first-order valence-electron chi connectivity index (χ1n) is 0.894. The van der Waals surface area contributed by atoms with E-state index in [0.717, 1.165) is 0 Å². The minimum atomic E-state index is -4.61. The zero-order valence-corrected chi connectivity index (χ0v) is 11.7. The Morgan fingerprint density at radius 3 is 0.875 bits per heavy atom. The van der Waals surface area contributed by atoms with Crippen LogP contribution in [0.25, 0.3) is 0 Å². The van der Waals surface area contributed by atoms with Crippen LogP contribution in [0.15, 0.2) is 0 Å². The molecule has 0 spiro atoms. The van der Waals surface area contributed by atoms with Crippen molar-refractivity contribution in [3.63, 3.8) is 0 Å². The van der Waals surface area contributed by atoms with Crippen molar-refractivity contribution < 1.29 is 38.7 Å². The van der Waals surface area contributed by atoms with E-state index in [4.69, 9.17) is 19.2 Å². The van der Waals surface area contributed by atoms with Gasteiger partial charge in [-0.25, -0.2) is 0 Å². The molecule has 0 fully saturated rings. The molecule has 0 unspecified atom stereocenters. The van der Waals surface area contributed by atoms with Gasteiger partial charge in [0, 0.05) is 19.5 Å². The SMILES string of the molecule is O[Si](O)(O)O.[LiH].[SnH2].[Zn]. The summed E-state index contributed by atoms with van der Waals surface area (Å²) in [6.45, 7) is 0. The predicted molar refractivity (Wildman–Crippen MR) is 30.3 cm³/mol. The molecule has 4 nitrogen and oxygen atoms in total. The Bertz CT molecular complexity index is 31.5. The van der Waals surface area contributed by atoms with E-state index >= 15 is 0 Å². The minimum Gasteiger partial charge on any atom is 0 e. The van der Waals surface area contributed by atoms with Crippen LogP contribution in [0, 0.1) is 0 Å². The Balaban J connectivity index is -0.0000000267. The fourth-order valence-electron chi connectivity index (χ4n) is 0. The van der Waals surface area contributed by atoms with Crippen molar-refractivity contribution in [1.29, 1.82) is 0 Å². The quantitative estimate of drug-likeness (QED) is 0.341. The molecule has 42 valence electrons. The normalized spacial score (nSPS) is 7.50. The second-order valence-electron chi connectivity index (χ2n) is 0.600. The molecule has 0 aromatic rings. The molecule has 0 amide bonds. The van der Waals surface area contributed by atoms with Gasteiger partial charge in [-0.2, -0.15) is 0 Å². The molecule has 0 heterocycles. The first-order valence-corrected chi connectivity index (χ1v) is 2.68.